The van der Waals surface area contributed by atoms with Gasteiger partial charge in [-0.1, -0.05) is 13.0 Å². The first kappa shape index (κ1) is 16.4. The molecule has 0 amide bonds. The van der Waals surface area contributed by atoms with Crippen LogP contribution in [0.4, 0.5) is 4.39 Å². The van der Waals surface area contributed by atoms with Gasteiger partial charge in [0.15, 0.2) is 0 Å². The second-order valence-electron chi connectivity index (χ2n) is 7.06. The molecule has 2 rings (SSSR count). The van der Waals surface area contributed by atoms with Gasteiger partial charge in [-0.15, -0.1) is 0 Å². The van der Waals surface area contributed by atoms with Crippen LogP contribution in [0.5, 0.6) is 0 Å². The van der Waals surface area contributed by atoms with Crippen molar-refractivity contribution < 1.29 is 4.39 Å². The third kappa shape index (κ3) is 3.46. The van der Waals surface area contributed by atoms with Crippen molar-refractivity contribution in [3.8, 4) is 0 Å². The zero-order valence-corrected chi connectivity index (χ0v) is 13.8. The first-order valence-corrected chi connectivity index (χ1v) is 8.03. The van der Waals surface area contributed by atoms with Crippen molar-refractivity contribution in [3.05, 3.63) is 35.1 Å². The van der Waals surface area contributed by atoms with Gasteiger partial charge in [0.2, 0.25) is 0 Å². The summed E-state index contributed by atoms with van der Waals surface area (Å²) < 4.78 is 13.2. The molecule has 0 saturated heterocycles. The number of rotatable bonds is 4. The fraction of sp³-hybridized carbons (Fsp3) is 0.667. The van der Waals surface area contributed by atoms with Crippen molar-refractivity contribution in [2.75, 3.05) is 14.1 Å². The molecule has 1 atom stereocenters. The molecule has 0 heterocycles. The minimum Gasteiger partial charge on any atom is -0.326 e. The van der Waals surface area contributed by atoms with E-state index in [2.05, 4.69) is 25.9 Å². The lowest BCUT2D eigenvalue weighted by Crippen LogP contribution is -2.59. The van der Waals surface area contributed by atoms with Crippen LogP contribution in [0, 0.1) is 18.7 Å². The van der Waals surface area contributed by atoms with E-state index in [1.807, 2.05) is 13.0 Å². The number of benzene rings is 1. The van der Waals surface area contributed by atoms with E-state index in [0.29, 0.717) is 0 Å². The summed E-state index contributed by atoms with van der Waals surface area (Å²) in [7, 11) is 4.29. The average molecular weight is 292 g/mol. The van der Waals surface area contributed by atoms with Crippen molar-refractivity contribution in [1.82, 2.24) is 4.90 Å². The van der Waals surface area contributed by atoms with Crippen LogP contribution in [0.25, 0.3) is 0 Å². The van der Waals surface area contributed by atoms with Gasteiger partial charge in [-0.25, -0.2) is 4.39 Å². The maximum Gasteiger partial charge on any atom is 0.123 e. The predicted octanol–water partition coefficient (Wildman–Crippen LogP) is 3.51. The Morgan fingerprint density at radius 2 is 1.95 bits per heavy atom. The molecule has 0 radical (unpaired) electrons. The van der Waals surface area contributed by atoms with E-state index in [4.69, 9.17) is 5.73 Å². The van der Waals surface area contributed by atoms with Crippen LogP contribution in [-0.4, -0.2) is 30.6 Å². The van der Waals surface area contributed by atoms with Gasteiger partial charge in [0, 0.05) is 11.6 Å². The Balaban J connectivity index is 2.17. The number of halogens is 1. The third-order valence-electron chi connectivity index (χ3n) is 5.47. The monoisotopic (exact) mass is 292 g/mol. The highest BCUT2D eigenvalue weighted by molar-refractivity contribution is 5.28. The molecular weight excluding hydrogens is 263 g/mol. The van der Waals surface area contributed by atoms with Crippen molar-refractivity contribution in [2.24, 2.45) is 11.7 Å². The Bertz CT molecular complexity index is 476. The maximum atomic E-state index is 13.2. The maximum absolute atomic E-state index is 13.2. The summed E-state index contributed by atoms with van der Waals surface area (Å²) in [5, 5.41) is 0. The molecule has 1 unspecified atom stereocenters. The van der Waals surface area contributed by atoms with E-state index in [-0.39, 0.29) is 17.4 Å². The van der Waals surface area contributed by atoms with Crippen LogP contribution in [0.3, 0.4) is 0 Å². The highest BCUT2D eigenvalue weighted by atomic mass is 19.1. The van der Waals surface area contributed by atoms with Gasteiger partial charge in [0.1, 0.15) is 5.82 Å². The van der Waals surface area contributed by atoms with Gasteiger partial charge in [-0.05, 0) is 82.3 Å². The molecule has 2 N–H and O–H groups in total. The summed E-state index contributed by atoms with van der Waals surface area (Å²) >= 11 is 0. The molecule has 1 fully saturated rings. The average Bonchev–Trinajstić information content (AvgIpc) is 2.42. The first-order valence-electron chi connectivity index (χ1n) is 8.03. The number of nitrogens with two attached hydrogens (primary N) is 1. The van der Waals surface area contributed by atoms with Gasteiger partial charge >= 0.3 is 0 Å². The van der Waals surface area contributed by atoms with Gasteiger partial charge in [-0.2, -0.15) is 0 Å². The SMILES string of the molecule is Cc1cc(F)ccc1CC(N)C1(N(C)C)CCC(C)CC1. The summed E-state index contributed by atoms with van der Waals surface area (Å²) in [5.74, 6) is 0.636. The normalized spacial score (nSPS) is 27.9. The summed E-state index contributed by atoms with van der Waals surface area (Å²) in [6.07, 6.45) is 5.62. The number of aryl methyl sites for hydroxylation is 1. The quantitative estimate of drug-likeness (QED) is 0.920. The number of hydrogen-bond donors (Lipinski definition) is 1. The predicted molar refractivity (Wildman–Crippen MR) is 86.9 cm³/mol. The Hall–Kier alpha value is -0.930. The molecule has 0 bridgehead atoms. The lowest BCUT2D eigenvalue weighted by Gasteiger charge is -2.48. The topological polar surface area (TPSA) is 29.3 Å². The second kappa shape index (κ2) is 6.45. The Labute approximate surface area is 128 Å². The summed E-state index contributed by atoms with van der Waals surface area (Å²) in [5.41, 5.74) is 8.88. The van der Waals surface area contributed by atoms with E-state index in [1.54, 1.807) is 12.1 Å². The molecule has 0 aliphatic heterocycles. The van der Waals surface area contributed by atoms with Crippen molar-refractivity contribution in [2.45, 2.75) is 57.5 Å². The van der Waals surface area contributed by atoms with E-state index < -0.39 is 0 Å². The smallest absolute Gasteiger partial charge is 0.123 e. The molecule has 118 valence electrons. The number of hydrogen-bond acceptors (Lipinski definition) is 2. The van der Waals surface area contributed by atoms with Crippen LogP contribution < -0.4 is 5.73 Å². The second-order valence-corrected chi connectivity index (χ2v) is 7.06. The van der Waals surface area contributed by atoms with Crippen LogP contribution in [0.15, 0.2) is 18.2 Å². The van der Waals surface area contributed by atoms with Gasteiger partial charge in [-0.3, -0.25) is 0 Å². The molecule has 2 nitrogen and oxygen atoms in total. The highest BCUT2D eigenvalue weighted by Gasteiger charge is 2.41. The molecule has 3 heteroatoms. The number of nitrogens with zero attached hydrogens (tertiary/aromatic N) is 1. The van der Waals surface area contributed by atoms with Crippen molar-refractivity contribution in [1.29, 1.82) is 0 Å². The molecule has 0 spiro atoms. The van der Waals surface area contributed by atoms with Crippen LogP contribution in [0.2, 0.25) is 0 Å². The minimum atomic E-state index is -0.168. The van der Waals surface area contributed by atoms with E-state index in [1.165, 1.54) is 18.4 Å². The molecule has 0 aromatic heterocycles. The van der Waals surface area contributed by atoms with Crippen LogP contribution in [0.1, 0.15) is 43.7 Å². The van der Waals surface area contributed by atoms with Gasteiger partial charge in [0.25, 0.3) is 0 Å². The first-order chi connectivity index (χ1) is 9.85. The summed E-state index contributed by atoms with van der Waals surface area (Å²) in [4.78, 5) is 2.32. The lowest BCUT2D eigenvalue weighted by molar-refractivity contribution is 0.0568. The van der Waals surface area contributed by atoms with E-state index >= 15 is 0 Å². The standard InChI is InChI=1S/C18H29FN2/c1-13-7-9-18(10-8-13,21(3)4)17(20)12-15-5-6-16(19)11-14(15)2/h5-6,11,13,17H,7-10,12,20H2,1-4H3. The lowest BCUT2D eigenvalue weighted by atomic mass is 9.71. The van der Waals surface area contributed by atoms with Gasteiger partial charge < -0.3 is 10.6 Å². The largest absolute Gasteiger partial charge is 0.326 e. The zero-order chi connectivity index (χ0) is 15.6. The van der Waals surface area contributed by atoms with E-state index in [0.717, 1.165) is 30.7 Å². The Morgan fingerprint density at radius 3 is 2.48 bits per heavy atom. The molecule has 1 aromatic carbocycles. The highest BCUT2D eigenvalue weighted by Crippen LogP contribution is 2.38. The molecular formula is C18H29FN2. The third-order valence-corrected chi connectivity index (χ3v) is 5.47. The van der Waals surface area contributed by atoms with E-state index in [9.17, 15) is 4.39 Å². The molecule has 1 aliphatic rings. The van der Waals surface area contributed by atoms with Crippen LogP contribution >= 0.6 is 0 Å². The minimum absolute atomic E-state index is 0.0767. The summed E-state index contributed by atoms with van der Waals surface area (Å²) in [6.45, 7) is 4.30. The molecule has 21 heavy (non-hydrogen) atoms. The fourth-order valence-electron chi connectivity index (χ4n) is 3.73. The zero-order valence-electron chi connectivity index (χ0n) is 13.8. The Kier molecular flexibility index (Phi) is 5.05. The summed E-state index contributed by atoms with van der Waals surface area (Å²) in [6, 6.07) is 5.12. The number of likely N-dealkylation sites (N-methyl/N-ethyl adjacent to an activating group) is 1. The van der Waals surface area contributed by atoms with Gasteiger partial charge in [0.05, 0.1) is 0 Å². The fourth-order valence-corrected chi connectivity index (χ4v) is 3.73. The molecule has 1 saturated carbocycles. The van der Waals surface area contributed by atoms with Crippen LogP contribution in [-0.2, 0) is 6.42 Å². The Morgan fingerprint density at radius 1 is 1.33 bits per heavy atom. The van der Waals surface area contributed by atoms with Crippen molar-refractivity contribution >= 4 is 0 Å². The molecule has 1 aromatic rings. The molecule has 1 aliphatic carbocycles. The van der Waals surface area contributed by atoms with Crippen molar-refractivity contribution in [3.63, 3.8) is 0 Å².